The fourth-order valence-electron chi connectivity index (χ4n) is 2.16. The van der Waals surface area contributed by atoms with E-state index >= 15 is 0 Å². The van der Waals surface area contributed by atoms with Crippen molar-refractivity contribution >= 4 is 5.97 Å². The number of rotatable bonds is 5. The van der Waals surface area contributed by atoms with Crippen molar-refractivity contribution in [2.45, 2.75) is 26.2 Å². The summed E-state index contributed by atoms with van der Waals surface area (Å²) in [6.07, 6.45) is 0.821. The van der Waals surface area contributed by atoms with Crippen molar-refractivity contribution in [3.63, 3.8) is 0 Å². The first-order valence-electron chi connectivity index (χ1n) is 6.51. The summed E-state index contributed by atoms with van der Waals surface area (Å²) >= 11 is 0. The highest BCUT2D eigenvalue weighted by Crippen LogP contribution is 2.29. The van der Waals surface area contributed by atoms with E-state index in [4.69, 9.17) is 9.47 Å². The lowest BCUT2D eigenvalue weighted by Crippen LogP contribution is -2.31. The largest absolute Gasteiger partial charge is 0.466 e. The number of ether oxygens (including phenoxy) is 2. The molecule has 1 heterocycles. The van der Waals surface area contributed by atoms with Gasteiger partial charge in [0.25, 0.3) is 0 Å². The van der Waals surface area contributed by atoms with Gasteiger partial charge in [0, 0.05) is 5.92 Å². The van der Waals surface area contributed by atoms with Crippen LogP contribution in [0.25, 0.3) is 0 Å². The van der Waals surface area contributed by atoms with Crippen LogP contribution in [0.1, 0.15) is 30.4 Å². The molecule has 2 rings (SSSR count). The zero-order chi connectivity index (χ0) is 13.0. The molecule has 1 aromatic carbocycles. The van der Waals surface area contributed by atoms with Gasteiger partial charge in [0.2, 0.25) is 0 Å². The molecule has 3 heteroatoms. The van der Waals surface area contributed by atoms with E-state index in [-0.39, 0.29) is 11.9 Å². The molecule has 0 aromatic heterocycles. The van der Waals surface area contributed by atoms with E-state index in [0.29, 0.717) is 12.5 Å². The van der Waals surface area contributed by atoms with E-state index in [1.165, 1.54) is 5.56 Å². The number of hydrogen-bond donors (Lipinski definition) is 0. The second-order valence-corrected chi connectivity index (χ2v) is 4.85. The van der Waals surface area contributed by atoms with Crippen molar-refractivity contribution < 1.29 is 14.3 Å². The predicted molar refractivity (Wildman–Crippen MR) is 69.5 cm³/mol. The van der Waals surface area contributed by atoms with Crippen molar-refractivity contribution in [1.29, 1.82) is 0 Å². The normalized spacial score (nSPS) is 17.0. The zero-order valence-corrected chi connectivity index (χ0v) is 11.0. The van der Waals surface area contributed by atoms with E-state index in [0.717, 1.165) is 25.2 Å². The van der Waals surface area contributed by atoms with Gasteiger partial charge in [0.15, 0.2) is 0 Å². The standard InChI is InChI=1S/C15H20O3/c1-3-18-15(16)14(8-12-9-17-10-12)13-6-4-11(2)5-7-13/h4-7,12,14H,3,8-10H2,1-2H3. The Morgan fingerprint density at radius 1 is 1.39 bits per heavy atom. The Morgan fingerprint density at radius 2 is 2.06 bits per heavy atom. The quantitative estimate of drug-likeness (QED) is 0.751. The van der Waals surface area contributed by atoms with E-state index in [2.05, 4.69) is 0 Å². The minimum absolute atomic E-state index is 0.117. The number of carbonyl (C=O) groups is 1. The van der Waals surface area contributed by atoms with Crippen LogP contribution in [0.15, 0.2) is 24.3 Å². The smallest absolute Gasteiger partial charge is 0.313 e. The Balaban J connectivity index is 2.11. The maximum atomic E-state index is 12.0. The summed E-state index contributed by atoms with van der Waals surface area (Å²) in [5, 5.41) is 0. The van der Waals surface area contributed by atoms with E-state index in [9.17, 15) is 4.79 Å². The summed E-state index contributed by atoms with van der Waals surface area (Å²) in [5.41, 5.74) is 2.25. The minimum Gasteiger partial charge on any atom is -0.466 e. The maximum Gasteiger partial charge on any atom is 0.313 e. The molecule has 1 fully saturated rings. The zero-order valence-electron chi connectivity index (χ0n) is 11.0. The van der Waals surface area contributed by atoms with Gasteiger partial charge in [-0.15, -0.1) is 0 Å². The number of benzene rings is 1. The first-order valence-corrected chi connectivity index (χ1v) is 6.51. The summed E-state index contributed by atoms with van der Waals surface area (Å²) in [5.74, 6) is 0.216. The SMILES string of the molecule is CCOC(=O)C(CC1COC1)c1ccc(C)cc1. The van der Waals surface area contributed by atoms with E-state index < -0.39 is 0 Å². The van der Waals surface area contributed by atoms with E-state index in [1.807, 2.05) is 38.1 Å². The average Bonchev–Trinajstić information content (AvgIpc) is 2.30. The van der Waals surface area contributed by atoms with Gasteiger partial charge in [-0.1, -0.05) is 29.8 Å². The number of esters is 1. The fourth-order valence-corrected chi connectivity index (χ4v) is 2.16. The van der Waals surface area contributed by atoms with Crippen LogP contribution in [0.2, 0.25) is 0 Å². The molecule has 18 heavy (non-hydrogen) atoms. The van der Waals surface area contributed by atoms with Crippen molar-refractivity contribution in [3.05, 3.63) is 35.4 Å². The highest BCUT2D eigenvalue weighted by atomic mass is 16.5. The van der Waals surface area contributed by atoms with Crippen molar-refractivity contribution in [2.75, 3.05) is 19.8 Å². The third kappa shape index (κ3) is 3.10. The van der Waals surface area contributed by atoms with Crippen LogP contribution in [-0.4, -0.2) is 25.8 Å². The molecule has 1 aliphatic rings. The Hall–Kier alpha value is -1.35. The molecule has 98 valence electrons. The molecule has 1 unspecified atom stereocenters. The van der Waals surface area contributed by atoms with Crippen LogP contribution in [0.3, 0.4) is 0 Å². The molecular weight excluding hydrogens is 228 g/mol. The van der Waals surface area contributed by atoms with Gasteiger partial charge < -0.3 is 9.47 Å². The summed E-state index contributed by atoms with van der Waals surface area (Å²) in [7, 11) is 0. The summed E-state index contributed by atoms with van der Waals surface area (Å²) in [6, 6.07) is 8.13. The Kier molecular flexibility index (Phi) is 4.37. The molecule has 1 atom stereocenters. The molecule has 0 N–H and O–H groups in total. The van der Waals surface area contributed by atoms with Crippen LogP contribution in [0.4, 0.5) is 0 Å². The lowest BCUT2D eigenvalue weighted by atomic mass is 9.87. The molecule has 1 aliphatic heterocycles. The molecule has 0 amide bonds. The third-order valence-electron chi connectivity index (χ3n) is 3.33. The second-order valence-electron chi connectivity index (χ2n) is 4.85. The Bertz CT molecular complexity index is 393. The van der Waals surface area contributed by atoms with Gasteiger partial charge in [-0.3, -0.25) is 4.79 Å². The molecule has 1 saturated heterocycles. The van der Waals surface area contributed by atoms with Crippen LogP contribution >= 0.6 is 0 Å². The average molecular weight is 248 g/mol. The molecule has 0 saturated carbocycles. The van der Waals surface area contributed by atoms with Gasteiger partial charge in [-0.25, -0.2) is 0 Å². The van der Waals surface area contributed by atoms with Crippen LogP contribution in [0, 0.1) is 12.8 Å². The molecular formula is C15H20O3. The van der Waals surface area contributed by atoms with Gasteiger partial charge in [0.1, 0.15) is 0 Å². The van der Waals surface area contributed by atoms with Crippen molar-refractivity contribution in [3.8, 4) is 0 Å². The van der Waals surface area contributed by atoms with Crippen LogP contribution in [-0.2, 0) is 14.3 Å². The molecule has 0 aliphatic carbocycles. The highest BCUT2D eigenvalue weighted by Gasteiger charge is 2.29. The number of carbonyl (C=O) groups excluding carboxylic acids is 1. The lowest BCUT2D eigenvalue weighted by Gasteiger charge is -2.29. The van der Waals surface area contributed by atoms with Crippen molar-refractivity contribution in [1.82, 2.24) is 0 Å². The molecule has 0 radical (unpaired) electrons. The predicted octanol–water partition coefficient (Wildman–Crippen LogP) is 2.68. The van der Waals surface area contributed by atoms with Crippen molar-refractivity contribution in [2.24, 2.45) is 5.92 Å². The Labute approximate surface area is 108 Å². The maximum absolute atomic E-state index is 12.0. The van der Waals surface area contributed by atoms with Crippen LogP contribution in [0.5, 0.6) is 0 Å². The molecule has 0 spiro atoms. The number of hydrogen-bond acceptors (Lipinski definition) is 3. The summed E-state index contributed by atoms with van der Waals surface area (Å²) in [4.78, 5) is 12.0. The van der Waals surface area contributed by atoms with Gasteiger partial charge in [0.05, 0.1) is 25.7 Å². The van der Waals surface area contributed by atoms with Gasteiger partial charge in [-0.05, 0) is 25.8 Å². The Morgan fingerprint density at radius 3 is 2.56 bits per heavy atom. The van der Waals surface area contributed by atoms with Crippen LogP contribution < -0.4 is 0 Å². The first kappa shape index (κ1) is 13.1. The summed E-state index contributed by atoms with van der Waals surface area (Å²) in [6.45, 7) is 5.85. The second kappa shape index (κ2) is 6.01. The number of aryl methyl sites for hydroxylation is 1. The summed E-state index contributed by atoms with van der Waals surface area (Å²) < 4.78 is 10.4. The third-order valence-corrected chi connectivity index (χ3v) is 3.33. The highest BCUT2D eigenvalue weighted by molar-refractivity contribution is 5.78. The lowest BCUT2D eigenvalue weighted by molar-refractivity contribution is -0.146. The minimum atomic E-state index is -0.153. The van der Waals surface area contributed by atoms with E-state index in [1.54, 1.807) is 0 Å². The van der Waals surface area contributed by atoms with Gasteiger partial charge >= 0.3 is 5.97 Å². The molecule has 1 aromatic rings. The van der Waals surface area contributed by atoms with Gasteiger partial charge in [-0.2, -0.15) is 0 Å². The monoisotopic (exact) mass is 248 g/mol. The first-order chi connectivity index (χ1) is 8.70. The molecule has 0 bridgehead atoms. The topological polar surface area (TPSA) is 35.5 Å². The molecule has 3 nitrogen and oxygen atoms in total. The fraction of sp³-hybridized carbons (Fsp3) is 0.533.